The van der Waals surface area contributed by atoms with Crippen LogP contribution in [-0.4, -0.2) is 57.7 Å². The summed E-state index contributed by atoms with van der Waals surface area (Å²) in [5.41, 5.74) is -0.760. The summed E-state index contributed by atoms with van der Waals surface area (Å²) < 4.78 is 5.25. The first-order valence-electron chi connectivity index (χ1n) is 10.5. The molecular weight excluding hydrogens is 440 g/mol. The summed E-state index contributed by atoms with van der Waals surface area (Å²) in [6.45, 7) is 2.28. The van der Waals surface area contributed by atoms with Gasteiger partial charge in [-0.2, -0.15) is 0 Å². The zero-order valence-corrected chi connectivity index (χ0v) is 18.6. The number of benzene rings is 1. The van der Waals surface area contributed by atoms with Crippen LogP contribution in [0.5, 0.6) is 5.75 Å². The molecule has 10 nitrogen and oxygen atoms in total. The monoisotopic (exact) mass is 464 g/mol. The van der Waals surface area contributed by atoms with Gasteiger partial charge in [-0.25, -0.2) is 4.79 Å². The lowest BCUT2D eigenvalue weighted by atomic mass is 9.96. The summed E-state index contributed by atoms with van der Waals surface area (Å²) in [4.78, 5) is 41.6. The second-order valence-electron chi connectivity index (χ2n) is 8.09. The highest BCUT2D eigenvalue weighted by atomic mass is 16.5. The van der Waals surface area contributed by atoms with Gasteiger partial charge in [0.15, 0.2) is 5.54 Å². The fourth-order valence-electron chi connectivity index (χ4n) is 4.03. The maximum Gasteiger partial charge on any atom is 0.341 e. The van der Waals surface area contributed by atoms with Crippen LogP contribution < -0.4 is 20.8 Å². The minimum absolute atomic E-state index is 0.00124. The van der Waals surface area contributed by atoms with Crippen LogP contribution in [0.4, 0.5) is 0 Å². The Bertz CT molecular complexity index is 1300. The number of amides is 1. The van der Waals surface area contributed by atoms with Crippen molar-refractivity contribution in [1.29, 1.82) is 0 Å². The van der Waals surface area contributed by atoms with E-state index in [-0.39, 0.29) is 12.1 Å². The van der Waals surface area contributed by atoms with Gasteiger partial charge in [-0.15, -0.1) is 0 Å². The highest BCUT2D eigenvalue weighted by Gasteiger charge is 2.42. The largest absolute Gasteiger partial charge is 0.497 e. The lowest BCUT2D eigenvalue weighted by Crippen LogP contribution is -2.60. The van der Waals surface area contributed by atoms with Gasteiger partial charge < -0.3 is 25.3 Å². The summed E-state index contributed by atoms with van der Waals surface area (Å²) in [6.07, 6.45) is 3.34. The number of aryl methyl sites for hydroxylation is 1. The Morgan fingerprint density at radius 1 is 1.35 bits per heavy atom. The molecule has 2 atom stereocenters. The zero-order valence-electron chi connectivity index (χ0n) is 18.6. The number of aromatic amines is 1. The minimum atomic E-state index is -1.49. The Labute approximate surface area is 195 Å². The number of hydrogen-bond acceptors (Lipinski definition) is 7. The average molecular weight is 464 g/mol. The maximum atomic E-state index is 13.1. The molecule has 5 N–H and O–H groups in total. The fourth-order valence-corrected chi connectivity index (χ4v) is 4.03. The van der Waals surface area contributed by atoms with E-state index >= 15 is 0 Å². The van der Waals surface area contributed by atoms with Gasteiger partial charge >= 0.3 is 5.97 Å². The summed E-state index contributed by atoms with van der Waals surface area (Å²) in [6, 6.07) is 5.41. The van der Waals surface area contributed by atoms with E-state index < -0.39 is 34.6 Å². The van der Waals surface area contributed by atoms with Crippen LogP contribution >= 0.6 is 0 Å². The fraction of sp³-hybridized carbons (Fsp3) is 0.292. The Morgan fingerprint density at radius 3 is 2.88 bits per heavy atom. The number of aromatic nitrogens is 1. The Balaban J connectivity index is 1.73. The number of nitrogens with one attached hydrogen (secondary N) is 3. The summed E-state index contributed by atoms with van der Waals surface area (Å²) in [5.74, 6) is 4.39. The SMILES string of the molecule is COc1ccc2c(c1)C(O)N(C[C@@]1(C#Cc3c(C)[nH]cc(C(=O)O)c3=O)NCC=CNC1=O)C2. The van der Waals surface area contributed by atoms with Crippen molar-refractivity contribution < 1.29 is 24.5 Å². The number of hydrogen-bond donors (Lipinski definition) is 5. The maximum absolute atomic E-state index is 13.1. The minimum Gasteiger partial charge on any atom is -0.497 e. The first kappa shape index (κ1) is 23.3. The second-order valence-corrected chi connectivity index (χ2v) is 8.09. The van der Waals surface area contributed by atoms with Crippen LogP contribution in [-0.2, 0) is 11.3 Å². The number of aromatic carboxylic acids is 1. The number of carbonyl (C=O) groups excluding carboxylic acids is 1. The first-order chi connectivity index (χ1) is 16.3. The van der Waals surface area contributed by atoms with Crippen molar-refractivity contribution in [3.63, 3.8) is 0 Å². The van der Waals surface area contributed by atoms with E-state index in [1.165, 1.54) is 6.20 Å². The van der Waals surface area contributed by atoms with Crippen molar-refractivity contribution in [3.05, 3.63) is 74.8 Å². The van der Waals surface area contributed by atoms with Crippen molar-refractivity contribution in [1.82, 2.24) is 20.5 Å². The van der Waals surface area contributed by atoms with Crippen LogP contribution in [0.2, 0.25) is 0 Å². The zero-order chi connectivity index (χ0) is 24.5. The Kier molecular flexibility index (Phi) is 6.26. The summed E-state index contributed by atoms with van der Waals surface area (Å²) in [7, 11) is 1.54. The highest BCUT2D eigenvalue weighted by molar-refractivity contribution is 5.92. The average Bonchev–Trinajstić information content (AvgIpc) is 2.99. The molecule has 0 aliphatic carbocycles. The van der Waals surface area contributed by atoms with E-state index in [9.17, 15) is 24.6 Å². The third-order valence-corrected chi connectivity index (χ3v) is 5.94. The number of aliphatic hydroxyl groups is 1. The number of ether oxygens (including phenoxy) is 1. The van der Waals surface area contributed by atoms with Gasteiger partial charge in [-0.05, 0) is 24.6 Å². The van der Waals surface area contributed by atoms with Crippen molar-refractivity contribution in [2.75, 3.05) is 20.2 Å². The molecule has 34 heavy (non-hydrogen) atoms. The molecule has 2 aliphatic heterocycles. The lowest BCUT2D eigenvalue weighted by Gasteiger charge is -2.32. The summed E-state index contributed by atoms with van der Waals surface area (Å²) in [5, 5.41) is 26.0. The molecule has 2 aromatic rings. The molecule has 1 amide bonds. The van der Waals surface area contributed by atoms with Crippen molar-refractivity contribution in [2.45, 2.75) is 25.2 Å². The van der Waals surface area contributed by atoms with E-state index in [1.54, 1.807) is 37.1 Å². The molecule has 176 valence electrons. The number of carboxylic acids is 1. The number of rotatable bonds is 4. The second kappa shape index (κ2) is 9.15. The van der Waals surface area contributed by atoms with Crippen molar-refractivity contribution >= 4 is 11.9 Å². The Morgan fingerprint density at radius 2 is 2.15 bits per heavy atom. The smallest absolute Gasteiger partial charge is 0.341 e. The highest BCUT2D eigenvalue weighted by Crippen LogP contribution is 2.35. The normalized spacial score (nSPS) is 21.7. The van der Waals surface area contributed by atoms with Crippen molar-refractivity contribution in [2.24, 2.45) is 0 Å². The molecule has 0 fully saturated rings. The molecule has 10 heteroatoms. The molecular formula is C24H24N4O6. The van der Waals surface area contributed by atoms with Gasteiger partial charge in [-0.3, -0.25) is 19.8 Å². The molecule has 3 heterocycles. The van der Waals surface area contributed by atoms with Gasteiger partial charge in [0, 0.05) is 43.3 Å². The Hall–Kier alpha value is -3.91. The molecule has 0 bridgehead atoms. The van der Waals surface area contributed by atoms with Gasteiger partial charge in [0.2, 0.25) is 5.43 Å². The number of carbonyl (C=O) groups is 2. The number of pyridine rings is 1. The van der Waals surface area contributed by atoms with Gasteiger partial charge in [0.1, 0.15) is 17.5 Å². The van der Waals surface area contributed by atoms with Gasteiger partial charge in [-0.1, -0.05) is 24.0 Å². The standard InChI is InChI=1S/C24H24N4O6/c1-14-17(20(29)19(11-26-14)22(31)32)6-7-24(23(33)25-8-3-9-27-24)13-28-12-15-4-5-16(34-2)10-18(15)21(28)30/h3-5,8,10-11,21,27,30H,9,12-13H2,1-2H3,(H,25,33)(H,26,29)(H,31,32)/t21?,24-/m1/s1. The number of H-pyrrole nitrogens is 1. The quantitative estimate of drug-likeness (QED) is 0.404. The van der Waals surface area contributed by atoms with E-state index in [4.69, 9.17) is 4.74 Å². The third kappa shape index (κ3) is 4.20. The molecule has 0 saturated heterocycles. The van der Waals surface area contributed by atoms with Crippen LogP contribution in [0.15, 0.2) is 41.5 Å². The van der Waals surface area contributed by atoms with E-state index in [0.717, 1.165) is 11.8 Å². The van der Waals surface area contributed by atoms with Crippen LogP contribution in [0, 0.1) is 18.8 Å². The molecule has 0 spiro atoms. The molecule has 0 radical (unpaired) electrons. The van der Waals surface area contributed by atoms with Crippen molar-refractivity contribution in [3.8, 4) is 17.6 Å². The topological polar surface area (TPSA) is 144 Å². The van der Waals surface area contributed by atoms with E-state index in [0.29, 0.717) is 30.1 Å². The van der Waals surface area contributed by atoms with Crippen LogP contribution in [0.1, 0.15) is 39.0 Å². The number of nitrogens with zero attached hydrogens (tertiary/aromatic N) is 1. The number of fused-ring (bicyclic) bond motifs is 1. The number of carboxylic acid groups (broad SMARTS) is 1. The van der Waals surface area contributed by atoms with Crippen LogP contribution in [0.3, 0.4) is 0 Å². The summed E-state index contributed by atoms with van der Waals surface area (Å²) >= 11 is 0. The molecule has 2 aliphatic rings. The third-order valence-electron chi connectivity index (χ3n) is 5.94. The van der Waals surface area contributed by atoms with E-state index in [2.05, 4.69) is 27.5 Å². The first-order valence-corrected chi connectivity index (χ1v) is 10.5. The molecule has 1 aromatic carbocycles. The lowest BCUT2D eigenvalue weighted by molar-refractivity contribution is -0.126. The predicted octanol–water partition coefficient (Wildman–Crippen LogP) is 0.220. The molecule has 1 aromatic heterocycles. The van der Waals surface area contributed by atoms with Gasteiger partial charge in [0.25, 0.3) is 5.91 Å². The van der Waals surface area contributed by atoms with Gasteiger partial charge in [0.05, 0.1) is 12.7 Å². The van der Waals surface area contributed by atoms with E-state index in [1.807, 2.05) is 6.07 Å². The molecule has 1 unspecified atom stereocenters. The number of methoxy groups -OCH3 is 1. The predicted molar refractivity (Wildman–Crippen MR) is 122 cm³/mol. The molecule has 0 saturated carbocycles. The molecule has 4 rings (SSSR count). The number of aliphatic hydroxyl groups excluding tert-OH is 1. The van der Waals surface area contributed by atoms with Crippen LogP contribution in [0.25, 0.3) is 0 Å².